The van der Waals surface area contributed by atoms with Crippen LogP contribution in [-0.4, -0.2) is 46.2 Å². The lowest BCUT2D eigenvalue weighted by atomic mass is 10.1. The van der Waals surface area contributed by atoms with E-state index < -0.39 is 0 Å². The number of likely N-dealkylation sites (tertiary alicyclic amines) is 1. The summed E-state index contributed by atoms with van der Waals surface area (Å²) in [5.74, 6) is 0.518. The Labute approximate surface area is 132 Å². The molecule has 2 aromatic rings. The SMILES string of the molecule is CN1CCC(Cn2cnc3cccc(Cl)c3c2=O)C1.O=CO. The summed E-state index contributed by atoms with van der Waals surface area (Å²) in [6, 6.07) is 5.37. The van der Waals surface area contributed by atoms with Crippen LogP contribution in [0.5, 0.6) is 0 Å². The molecule has 7 heteroatoms. The largest absolute Gasteiger partial charge is 0.483 e. The van der Waals surface area contributed by atoms with Gasteiger partial charge in [0.05, 0.1) is 22.3 Å². The van der Waals surface area contributed by atoms with Gasteiger partial charge < -0.3 is 10.0 Å². The lowest BCUT2D eigenvalue weighted by Crippen LogP contribution is -2.26. The summed E-state index contributed by atoms with van der Waals surface area (Å²) >= 11 is 6.11. The van der Waals surface area contributed by atoms with Crippen LogP contribution in [-0.2, 0) is 11.3 Å². The highest BCUT2D eigenvalue weighted by molar-refractivity contribution is 6.35. The highest BCUT2D eigenvalue weighted by Crippen LogP contribution is 2.19. The molecule has 3 rings (SSSR count). The van der Waals surface area contributed by atoms with Crippen LogP contribution in [0.25, 0.3) is 10.9 Å². The first-order valence-electron chi connectivity index (χ1n) is 6.97. The van der Waals surface area contributed by atoms with Crippen molar-refractivity contribution in [3.05, 3.63) is 39.9 Å². The van der Waals surface area contributed by atoms with Gasteiger partial charge in [-0.25, -0.2) is 4.98 Å². The Bertz CT molecular complexity index is 717. The molecule has 1 fully saturated rings. The number of hydrogen-bond donors (Lipinski definition) is 1. The maximum atomic E-state index is 12.4. The molecular weight excluding hydrogens is 306 g/mol. The third-order valence-corrected chi connectivity index (χ3v) is 4.06. The molecule has 1 unspecified atom stereocenters. The van der Waals surface area contributed by atoms with E-state index in [1.807, 2.05) is 12.1 Å². The van der Waals surface area contributed by atoms with Crippen LogP contribution < -0.4 is 5.56 Å². The number of rotatable bonds is 2. The number of hydrogen-bond acceptors (Lipinski definition) is 4. The van der Waals surface area contributed by atoms with Crippen molar-refractivity contribution < 1.29 is 9.90 Å². The summed E-state index contributed by atoms with van der Waals surface area (Å²) in [4.78, 5) is 27.4. The maximum Gasteiger partial charge on any atom is 0.290 e. The van der Waals surface area contributed by atoms with Gasteiger partial charge in [0, 0.05) is 13.1 Å². The van der Waals surface area contributed by atoms with E-state index in [4.69, 9.17) is 21.5 Å². The maximum absolute atomic E-state index is 12.4. The Hall–Kier alpha value is -1.92. The molecule has 1 saturated heterocycles. The lowest BCUT2D eigenvalue weighted by Gasteiger charge is -2.13. The van der Waals surface area contributed by atoms with Gasteiger partial charge >= 0.3 is 0 Å². The molecule has 118 valence electrons. The van der Waals surface area contributed by atoms with Gasteiger partial charge in [-0.05, 0) is 38.1 Å². The van der Waals surface area contributed by atoms with Crippen molar-refractivity contribution in [2.24, 2.45) is 5.92 Å². The van der Waals surface area contributed by atoms with Crippen molar-refractivity contribution in [2.75, 3.05) is 20.1 Å². The highest BCUT2D eigenvalue weighted by Gasteiger charge is 2.20. The van der Waals surface area contributed by atoms with Gasteiger partial charge in [0.2, 0.25) is 0 Å². The molecule has 0 spiro atoms. The summed E-state index contributed by atoms with van der Waals surface area (Å²) in [7, 11) is 2.11. The first-order valence-corrected chi connectivity index (χ1v) is 7.34. The van der Waals surface area contributed by atoms with Gasteiger partial charge in [-0.2, -0.15) is 0 Å². The molecular formula is C15H18ClN3O3. The summed E-state index contributed by atoms with van der Waals surface area (Å²) < 4.78 is 1.69. The predicted molar refractivity (Wildman–Crippen MR) is 85.3 cm³/mol. The summed E-state index contributed by atoms with van der Waals surface area (Å²) in [6.07, 6.45) is 2.77. The molecule has 2 heterocycles. The van der Waals surface area contributed by atoms with Crippen LogP contribution in [0.3, 0.4) is 0 Å². The fourth-order valence-corrected chi connectivity index (χ4v) is 2.99. The van der Waals surface area contributed by atoms with Crippen molar-refractivity contribution in [1.29, 1.82) is 0 Å². The first kappa shape index (κ1) is 16.5. The van der Waals surface area contributed by atoms with E-state index in [-0.39, 0.29) is 12.0 Å². The second kappa shape index (κ2) is 7.38. The highest BCUT2D eigenvalue weighted by atomic mass is 35.5. The smallest absolute Gasteiger partial charge is 0.290 e. The van der Waals surface area contributed by atoms with Gasteiger partial charge in [0.15, 0.2) is 0 Å². The monoisotopic (exact) mass is 323 g/mol. The fourth-order valence-electron chi connectivity index (χ4n) is 2.74. The average molecular weight is 324 g/mol. The van der Waals surface area contributed by atoms with Gasteiger partial charge in [-0.1, -0.05) is 17.7 Å². The first-order chi connectivity index (χ1) is 10.6. The van der Waals surface area contributed by atoms with E-state index in [1.165, 1.54) is 0 Å². The van der Waals surface area contributed by atoms with Crippen LogP contribution in [0, 0.1) is 5.92 Å². The molecule has 0 bridgehead atoms. The number of carbonyl (C=O) groups is 1. The lowest BCUT2D eigenvalue weighted by molar-refractivity contribution is -0.122. The summed E-state index contributed by atoms with van der Waals surface area (Å²) in [5.41, 5.74) is 0.627. The van der Waals surface area contributed by atoms with Crippen molar-refractivity contribution >= 4 is 29.0 Å². The molecule has 0 radical (unpaired) electrons. The van der Waals surface area contributed by atoms with E-state index in [0.29, 0.717) is 21.8 Å². The zero-order chi connectivity index (χ0) is 16.1. The van der Waals surface area contributed by atoms with Crippen LogP contribution in [0.2, 0.25) is 5.02 Å². The van der Waals surface area contributed by atoms with Crippen molar-refractivity contribution in [1.82, 2.24) is 14.5 Å². The van der Waals surface area contributed by atoms with Crippen LogP contribution in [0.4, 0.5) is 0 Å². The number of aromatic nitrogens is 2. The molecule has 1 atom stereocenters. The minimum Gasteiger partial charge on any atom is -0.483 e. The predicted octanol–water partition coefficient (Wildman–Crippen LogP) is 1.70. The minimum absolute atomic E-state index is 0.0369. The standard InChI is InChI=1S/C14H16ClN3O.CH2O2/c1-17-6-5-10(7-17)8-18-9-16-12-4-2-3-11(15)13(12)14(18)19;2-1-3/h2-4,9-10H,5-8H2,1H3;1H,(H,2,3). The van der Waals surface area contributed by atoms with Crippen molar-refractivity contribution in [2.45, 2.75) is 13.0 Å². The van der Waals surface area contributed by atoms with Gasteiger partial charge in [0.1, 0.15) is 0 Å². The van der Waals surface area contributed by atoms with Crippen LogP contribution in [0.15, 0.2) is 29.3 Å². The molecule has 0 aliphatic carbocycles. The fraction of sp³-hybridized carbons (Fsp3) is 0.400. The Morgan fingerprint density at radius 2 is 2.23 bits per heavy atom. The zero-order valence-electron chi connectivity index (χ0n) is 12.3. The Kier molecular flexibility index (Phi) is 5.51. The van der Waals surface area contributed by atoms with Crippen molar-refractivity contribution in [3.63, 3.8) is 0 Å². The van der Waals surface area contributed by atoms with E-state index in [0.717, 1.165) is 26.1 Å². The Morgan fingerprint density at radius 3 is 2.86 bits per heavy atom. The molecule has 1 aromatic carbocycles. The normalized spacial score (nSPS) is 18.0. The summed E-state index contributed by atoms with van der Waals surface area (Å²) in [6.45, 7) is 2.60. The Balaban J connectivity index is 0.000000545. The Morgan fingerprint density at radius 1 is 1.50 bits per heavy atom. The molecule has 1 aliphatic heterocycles. The molecule has 1 aliphatic rings. The van der Waals surface area contributed by atoms with Crippen LogP contribution >= 0.6 is 11.6 Å². The van der Waals surface area contributed by atoms with Gasteiger partial charge in [0.25, 0.3) is 12.0 Å². The summed E-state index contributed by atoms with van der Waals surface area (Å²) in [5, 5.41) is 7.89. The number of carboxylic acid groups (broad SMARTS) is 1. The molecule has 1 N–H and O–H groups in total. The van der Waals surface area contributed by atoms with Crippen molar-refractivity contribution in [3.8, 4) is 0 Å². The van der Waals surface area contributed by atoms with Gasteiger partial charge in [-0.15, -0.1) is 0 Å². The zero-order valence-corrected chi connectivity index (χ0v) is 13.0. The average Bonchev–Trinajstić information content (AvgIpc) is 2.88. The van der Waals surface area contributed by atoms with Gasteiger partial charge in [-0.3, -0.25) is 14.2 Å². The third kappa shape index (κ3) is 3.64. The number of fused-ring (bicyclic) bond motifs is 1. The number of nitrogens with zero attached hydrogens (tertiary/aromatic N) is 3. The van der Waals surface area contributed by atoms with E-state index in [9.17, 15) is 4.79 Å². The number of halogens is 1. The van der Waals surface area contributed by atoms with Crippen LogP contribution in [0.1, 0.15) is 6.42 Å². The topological polar surface area (TPSA) is 75.4 Å². The minimum atomic E-state index is -0.250. The third-order valence-electron chi connectivity index (χ3n) is 3.75. The molecule has 0 saturated carbocycles. The number of benzene rings is 1. The second-order valence-electron chi connectivity index (χ2n) is 5.36. The molecule has 1 aromatic heterocycles. The van der Waals surface area contributed by atoms with E-state index in [2.05, 4.69) is 16.9 Å². The second-order valence-corrected chi connectivity index (χ2v) is 5.77. The quantitative estimate of drug-likeness (QED) is 0.851. The van der Waals surface area contributed by atoms with E-state index >= 15 is 0 Å². The van der Waals surface area contributed by atoms with E-state index in [1.54, 1.807) is 17.0 Å². The molecule has 22 heavy (non-hydrogen) atoms. The molecule has 0 amide bonds. The molecule has 6 nitrogen and oxygen atoms in total.